The topological polar surface area (TPSA) is 38.9 Å². The number of thiophene rings is 1. The smallest absolute Gasteiger partial charge is 0.108 e. The zero-order valence-electron chi connectivity index (χ0n) is 6.66. The van der Waals surface area contributed by atoms with Crippen molar-refractivity contribution < 1.29 is 0 Å². The summed E-state index contributed by atoms with van der Waals surface area (Å²) >= 11 is 6.77. The monoisotopic (exact) mass is 274 g/mol. The van der Waals surface area contributed by atoms with E-state index in [2.05, 4.69) is 27.0 Å². The van der Waals surface area contributed by atoms with Crippen LogP contribution in [-0.4, -0.2) is 4.98 Å². The molecule has 0 aliphatic heterocycles. The quantitative estimate of drug-likeness (QED) is 0.914. The van der Waals surface area contributed by atoms with Crippen molar-refractivity contribution >= 4 is 38.6 Å². The van der Waals surface area contributed by atoms with Gasteiger partial charge in [0.15, 0.2) is 0 Å². The van der Waals surface area contributed by atoms with Gasteiger partial charge in [0.05, 0.1) is 8.66 Å². The molecule has 2 aromatic rings. The summed E-state index contributed by atoms with van der Waals surface area (Å²) in [5.74, 6) is 0. The molecule has 0 bridgehead atoms. The van der Waals surface area contributed by atoms with Crippen molar-refractivity contribution in [1.82, 2.24) is 4.98 Å². The molecule has 0 fully saturated rings. The molecule has 2 N–H and O–H groups in total. The summed E-state index contributed by atoms with van der Waals surface area (Å²) in [6, 6.07) is 4.08. The first kappa shape index (κ1) is 9.33. The van der Waals surface area contributed by atoms with Gasteiger partial charge < -0.3 is 5.73 Å². The van der Waals surface area contributed by atoms with Crippen LogP contribution in [0.4, 0.5) is 0 Å². The first-order valence-corrected chi connectivity index (χ1v) is 6.19. The molecule has 0 aliphatic carbocycles. The summed E-state index contributed by atoms with van der Waals surface area (Å²) in [5.41, 5.74) is 6.53. The molecular weight excluding hydrogens is 268 g/mol. The summed E-state index contributed by atoms with van der Waals surface area (Å²) in [6.45, 7) is 0.509. The van der Waals surface area contributed by atoms with E-state index in [4.69, 9.17) is 5.73 Å². The number of thiazole rings is 1. The van der Waals surface area contributed by atoms with Gasteiger partial charge in [-0.2, -0.15) is 0 Å². The van der Waals surface area contributed by atoms with Crippen LogP contribution in [-0.2, 0) is 6.54 Å². The molecule has 2 aromatic heterocycles. The van der Waals surface area contributed by atoms with Gasteiger partial charge in [-0.15, -0.1) is 22.7 Å². The summed E-state index contributed by atoms with van der Waals surface area (Å²) in [7, 11) is 0. The van der Waals surface area contributed by atoms with Crippen molar-refractivity contribution in [2.24, 2.45) is 5.73 Å². The minimum absolute atomic E-state index is 0.509. The molecule has 0 aliphatic rings. The predicted molar refractivity (Wildman–Crippen MR) is 61.0 cm³/mol. The van der Waals surface area contributed by atoms with Gasteiger partial charge in [-0.25, -0.2) is 4.98 Å². The molecule has 2 heterocycles. The number of nitrogens with zero attached hydrogens (tertiary/aromatic N) is 1. The molecule has 2 nitrogen and oxygen atoms in total. The van der Waals surface area contributed by atoms with Crippen molar-refractivity contribution in [3.05, 3.63) is 26.3 Å². The third-order valence-electron chi connectivity index (χ3n) is 1.56. The van der Waals surface area contributed by atoms with Crippen molar-refractivity contribution in [1.29, 1.82) is 0 Å². The molecule has 0 saturated heterocycles. The van der Waals surface area contributed by atoms with Crippen LogP contribution in [0.1, 0.15) is 5.01 Å². The zero-order valence-corrected chi connectivity index (χ0v) is 9.88. The van der Waals surface area contributed by atoms with Crippen molar-refractivity contribution in [2.75, 3.05) is 0 Å². The molecule has 5 heteroatoms. The normalized spacial score (nSPS) is 10.6. The van der Waals surface area contributed by atoms with E-state index in [0.29, 0.717) is 6.54 Å². The highest BCUT2D eigenvalue weighted by Gasteiger charge is 2.10. The largest absolute Gasteiger partial charge is 0.325 e. The molecule has 0 aromatic carbocycles. The standard InChI is InChI=1S/C8H7BrN2S2/c9-8-7(5-2-1-3-12-5)11-6(4-10)13-8/h1-3H,4,10H2. The van der Waals surface area contributed by atoms with Gasteiger partial charge in [-0.1, -0.05) is 6.07 Å². The lowest BCUT2D eigenvalue weighted by molar-refractivity contribution is 1.04. The summed E-state index contributed by atoms with van der Waals surface area (Å²) < 4.78 is 1.07. The maximum absolute atomic E-state index is 5.52. The second-order valence-corrected chi connectivity index (χ2v) is 5.76. The molecule has 0 radical (unpaired) electrons. The Morgan fingerprint density at radius 2 is 2.38 bits per heavy atom. The lowest BCUT2D eigenvalue weighted by atomic mass is 10.4. The molecule has 0 spiro atoms. The molecule has 13 heavy (non-hydrogen) atoms. The summed E-state index contributed by atoms with van der Waals surface area (Å²) in [6.07, 6.45) is 0. The maximum Gasteiger partial charge on any atom is 0.108 e. The van der Waals surface area contributed by atoms with Crippen molar-refractivity contribution in [3.8, 4) is 10.6 Å². The average Bonchev–Trinajstić information content (AvgIpc) is 2.72. The fourth-order valence-electron chi connectivity index (χ4n) is 0.996. The molecule has 2 rings (SSSR count). The SMILES string of the molecule is NCc1nc(-c2cccs2)c(Br)s1. The minimum atomic E-state index is 0.509. The van der Waals surface area contributed by atoms with Crippen LogP contribution in [0.5, 0.6) is 0 Å². The third kappa shape index (κ3) is 1.83. The van der Waals surface area contributed by atoms with Gasteiger partial charge in [0.1, 0.15) is 10.7 Å². The Hall–Kier alpha value is -0.230. The van der Waals surface area contributed by atoms with E-state index in [1.165, 1.54) is 4.88 Å². The van der Waals surface area contributed by atoms with Gasteiger partial charge in [0.2, 0.25) is 0 Å². The summed E-state index contributed by atoms with van der Waals surface area (Å²) in [5, 5.41) is 3.01. The number of hydrogen-bond donors (Lipinski definition) is 1. The van der Waals surface area contributed by atoms with E-state index in [-0.39, 0.29) is 0 Å². The lowest BCUT2D eigenvalue weighted by Gasteiger charge is -1.89. The van der Waals surface area contributed by atoms with Gasteiger partial charge in [-0.3, -0.25) is 0 Å². The minimum Gasteiger partial charge on any atom is -0.325 e. The molecule has 0 atom stereocenters. The number of halogens is 1. The van der Waals surface area contributed by atoms with E-state index in [1.807, 2.05) is 11.4 Å². The number of nitrogens with two attached hydrogens (primary N) is 1. The van der Waals surface area contributed by atoms with Crippen LogP contribution in [0.25, 0.3) is 10.6 Å². The Labute approximate surface area is 92.6 Å². The van der Waals surface area contributed by atoms with E-state index in [9.17, 15) is 0 Å². The highest BCUT2D eigenvalue weighted by molar-refractivity contribution is 9.11. The van der Waals surface area contributed by atoms with E-state index in [0.717, 1.165) is 14.5 Å². The first-order chi connectivity index (χ1) is 6.31. The predicted octanol–water partition coefficient (Wildman–Crippen LogP) is 3.09. The Kier molecular flexibility index (Phi) is 2.78. The van der Waals surface area contributed by atoms with E-state index in [1.54, 1.807) is 22.7 Å². The lowest BCUT2D eigenvalue weighted by Crippen LogP contribution is -1.94. The van der Waals surface area contributed by atoms with Crippen LogP contribution in [0, 0.1) is 0 Å². The highest BCUT2D eigenvalue weighted by atomic mass is 79.9. The van der Waals surface area contributed by atoms with Crippen LogP contribution in [0.2, 0.25) is 0 Å². The third-order valence-corrected chi connectivity index (χ3v) is 4.16. The Balaban J connectivity index is 2.46. The Bertz CT molecular complexity index is 394. The summed E-state index contributed by atoms with van der Waals surface area (Å²) in [4.78, 5) is 5.61. The molecule has 0 saturated carbocycles. The molecule has 0 unspecified atom stereocenters. The molecule has 0 amide bonds. The number of hydrogen-bond acceptors (Lipinski definition) is 4. The Morgan fingerprint density at radius 3 is 2.92 bits per heavy atom. The van der Waals surface area contributed by atoms with Crippen LogP contribution < -0.4 is 5.73 Å². The van der Waals surface area contributed by atoms with Gasteiger partial charge >= 0.3 is 0 Å². The van der Waals surface area contributed by atoms with Gasteiger partial charge in [0.25, 0.3) is 0 Å². The van der Waals surface area contributed by atoms with E-state index >= 15 is 0 Å². The second-order valence-electron chi connectivity index (χ2n) is 2.41. The van der Waals surface area contributed by atoms with Gasteiger partial charge in [0, 0.05) is 6.54 Å². The molecule has 68 valence electrons. The second kappa shape index (κ2) is 3.88. The zero-order chi connectivity index (χ0) is 9.26. The highest BCUT2D eigenvalue weighted by Crippen LogP contribution is 2.34. The maximum atomic E-state index is 5.52. The van der Waals surface area contributed by atoms with Crippen LogP contribution in [0.15, 0.2) is 21.3 Å². The number of aromatic nitrogens is 1. The number of rotatable bonds is 2. The fourth-order valence-corrected chi connectivity index (χ4v) is 3.45. The van der Waals surface area contributed by atoms with Crippen LogP contribution in [0.3, 0.4) is 0 Å². The van der Waals surface area contributed by atoms with Crippen molar-refractivity contribution in [2.45, 2.75) is 6.54 Å². The van der Waals surface area contributed by atoms with E-state index < -0.39 is 0 Å². The molecular formula is C8H7BrN2S2. The van der Waals surface area contributed by atoms with Crippen LogP contribution >= 0.6 is 38.6 Å². The first-order valence-electron chi connectivity index (χ1n) is 3.70. The Morgan fingerprint density at radius 1 is 1.54 bits per heavy atom. The fraction of sp³-hybridized carbons (Fsp3) is 0.125. The van der Waals surface area contributed by atoms with Gasteiger partial charge in [-0.05, 0) is 27.4 Å². The average molecular weight is 275 g/mol. The van der Waals surface area contributed by atoms with Crippen molar-refractivity contribution in [3.63, 3.8) is 0 Å².